The van der Waals surface area contributed by atoms with Crippen molar-refractivity contribution in [2.24, 2.45) is 0 Å². The van der Waals surface area contributed by atoms with Crippen LogP contribution in [-0.4, -0.2) is 49.2 Å². The summed E-state index contributed by atoms with van der Waals surface area (Å²) < 4.78 is 16.1. The van der Waals surface area contributed by atoms with E-state index in [2.05, 4.69) is 4.98 Å². The van der Waals surface area contributed by atoms with E-state index in [-0.39, 0.29) is 12.0 Å². The summed E-state index contributed by atoms with van der Waals surface area (Å²) in [4.78, 5) is 18.3. The fraction of sp³-hybridized carbons (Fsp3) is 0.333. The van der Waals surface area contributed by atoms with Crippen molar-refractivity contribution in [1.82, 2.24) is 9.88 Å². The van der Waals surface area contributed by atoms with Crippen molar-refractivity contribution in [3.63, 3.8) is 0 Å². The molecule has 0 spiro atoms. The molecular weight excluding hydrogens is 304 g/mol. The third-order valence-corrected chi connectivity index (χ3v) is 4.11. The van der Waals surface area contributed by atoms with Crippen molar-refractivity contribution in [3.8, 4) is 16.7 Å². The van der Waals surface area contributed by atoms with E-state index in [0.717, 1.165) is 0 Å². The van der Waals surface area contributed by atoms with Gasteiger partial charge in [-0.1, -0.05) is 11.3 Å². The van der Waals surface area contributed by atoms with Crippen LogP contribution in [0.2, 0.25) is 0 Å². The number of rotatable bonds is 5. The Morgan fingerprint density at radius 2 is 2.14 bits per heavy atom. The van der Waals surface area contributed by atoms with Crippen LogP contribution in [0, 0.1) is 0 Å². The van der Waals surface area contributed by atoms with Gasteiger partial charge in [0.1, 0.15) is 17.6 Å². The van der Waals surface area contributed by atoms with Crippen LogP contribution in [0.25, 0.3) is 0 Å². The number of hydrogen-bond acceptors (Lipinski definition) is 6. The van der Waals surface area contributed by atoms with Crippen LogP contribution in [0.15, 0.2) is 29.8 Å². The molecule has 6 nitrogen and oxygen atoms in total. The Morgan fingerprint density at radius 3 is 2.77 bits per heavy atom. The first kappa shape index (κ1) is 14.6. The lowest BCUT2D eigenvalue weighted by Gasteiger charge is -2.38. The van der Waals surface area contributed by atoms with Crippen molar-refractivity contribution in [1.29, 1.82) is 0 Å². The molecule has 116 valence electrons. The number of thiazole rings is 1. The molecule has 0 aliphatic carbocycles. The van der Waals surface area contributed by atoms with E-state index in [1.54, 1.807) is 36.4 Å². The maximum Gasteiger partial charge on any atom is 0.273 e. The number of aromatic nitrogens is 1. The van der Waals surface area contributed by atoms with E-state index in [9.17, 15) is 4.79 Å². The Morgan fingerprint density at radius 1 is 1.32 bits per heavy atom. The van der Waals surface area contributed by atoms with Crippen LogP contribution >= 0.6 is 11.3 Å². The largest absolute Gasteiger partial charge is 0.497 e. The van der Waals surface area contributed by atoms with Crippen LogP contribution in [0.5, 0.6) is 16.7 Å². The quantitative estimate of drug-likeness (QED) is 0.844. The van der Waals surface area contributed by atoms with Gasteiger partial charge in [-0.25, -0.2) is 4.98 Å². The minimum atomic E-state index is -0.0708. The lowest BCUT2D eigenvalue weighted by atomic mass is 10.1. The Bertz CT molecular complexity index is 654. The third-order valence-electron chi connectivity index (χ3n) is 3.45. The molecule has 1 aromatic heterocycles. The zero-order chi connectivity index (χ0) is 15.5. The highest BCUT2D eigenvalue weighted by Crippen LogP contribution is 2.28. The highest BCUT2D eigenvalue weighted by Gasteiger charge is 2.34. The van der Waals surface area contributed by atoms with Gasteiger partial charge in [0.2, 0.25) is 0 Å². The summed E-state index contributed by atoms with van der Waals surface area (Å²) in [6.07, 6.45) is 1.70. The number of carbonyl (C=O) groups excluding carboxylic acids is 1. The monoisotopic (exact) mass is 320 g/mol. The minimum absolute atomic E-state index is 0.000608. The number of benzene rings is 1. The standard InChI is InChI=1S/C15H16N2O4S/c1-19-10-3-4-12(13(7-10)20-2)14(18)17-8-11(9-17)21-15-16-5-6-22-15/h3-7,11H,8-9H2,1-2H3. The van der Waals surface area contributed by atoms with Gasteiger partial charge in [-0.2, -0.15) is 0 Å². The first-order valence-corrected chi connectivity index (χ1v) is 7.66. The Labute approximate surface area is 132 Å². The van der Waals surface area contributed by atoms with Gasteiger partial charge in [-0.3, -0.25) is 4.79 Å². The van der Waals surface area contributed by atoms with Crippen LogP contribution in [0.4, 0.5) is 0 Å². The Kier molecular flexibility index (Phi) is 4.15. The molecule has 1 fully saturated rings. The molecule has 22 heavy (non-hydrogen) atoms. The molecule has 0 atom stereocenters. The fourth-order valence-electron chi connectivity index (χ4n) is 2.24. The Balaban J connectivity index is 1.63. The SMILES string of the molecule is COc1ccc(C(=O)N2CC(Oc3nccs3)C2)c(OC)c1. The number of nitrogens with zero attached hydrogens (tertiary/aromatic N) is 2. The van der Waals surface area contributed by atoms with E-state index >= 15 is 0 Å². The predicted molar refractivity (Wildman–Crippen MR) is 82.0 cm³/mol. The molecule has 0 bridgehead atoms. The van der Waals surface area contributed by atoms with Gasteiger partial charge >= 0.3 is 0 Å². The molecule has 1 amide bonds. The highest BCUT2D eigenvalue weighted by atomic mass is 32.1. The van der Waals surface area contributed by atoms with Crippen LogP contribution in [-0.2, 0) is 0 Å². The van der Waals surface area contributed by atoms with Gasteiger partial charge in [0.25, 0.3) is 11.1 Å². The summed E-state index contributed by atoms with van der Waals surface area (Å²) in [5.74, 6) is 1.09. The minimum Gasteiger partial charge on any atom is -0.497 e. The van der Waals surface area contributed by atoms with Crippen LogP contribution in [0.3, 0.4) is 0 Å². The first-order chi connectivity index (χ1) is 10.7. The molecule has 3 rings (SSSR count). The maximum atomic E-state index is 12.5. The van der Waals surface area contributed by atoms with Crippen LogP contribution < -0.4 is 14.2 Å². The maximum absolute atomic E-state index is 12.5. The number of carbonyl (C=O) groups is 1. The van der Waals surface area contributed by atoms with E-state index in [0.29, 0.717) is 35.3 Å². The third kappa shape index (κ3) is 2.85. The predicted octanol–water partition coefficient (Wildman–Crippen LogP) is 2.06. The molecule has 2 heterocycles. The molecule has 0 saturated carbocycles. The molecule has 0 unspecified atom stereocenters. The average molecular weight is 320 g/mol. The van der Waals surface area contributed by atoms with Crippen molar-refractivity contribution < 1.29 is 19.0 Å². The second kappa shape index (κ2) is 6.23. The van der Waals surface area contributed by atoms with E-state index in [1.165, 1.54) is 18.4 Å². The average Bonchev–Trinajstić information content (AvgIpc) is 3.02. The van der Waals surface area contributed by atoms with Crippen molar-refractivity contribution in [2.45, 2.75) is 6.10 Å². The number of hydrogen-bond donors (Lipinski definition) is 0. The van der Waals surface area contributed by atoms with Gasteiger partial charge in [0.05, 0.1) is 32.9 Å². The van der Waals surface area contributed by atoms with E-state index in [1.807, 2.05) is 5.38 Å². The molecule has 1 aliphatic heterocycles. The zero-order valence-electron chi connectivity index (χ0n) is 12.3. The van der Waals surface area contributed by atoms with Gasteiger partial charge in [0, 0.05) is 17.6 Å². The smallest absolute Gasteiger partial charge is 0.273 e. The summed E-state index contributed by atoms with van der Waals surface area (Å²) in [5, 5.41) is 2.50. The second-order valence-corrected chi connectivity index (χ2v) is 5.67. The molecule has 1 saturated heterocycles. The summed E-state index contributed by atoms with van der Waals surface area (Å²) in [6, 6.07) is 5.17. The number of likely N-dealkylation sites (tertiary alicyclic amines) is 1. The lowest BCUT2D eigenvalue weighted by molar-refractivity contribution is 0.0175. The Hall–Kier alpha value is -2.28. The molecule has 0 N–H and O–H groups in total. The fourth-order valence-corrected chi connectivity index (χ4v) is 2.79. The summed E-state index contributed by atoms with van der Waals surface area (Å²) in [6.45, 7) is 1.10. The van der Waals surface area contributed by atoms with E-state index < -0.39 is 0 Å². The van der Waals surface area contributed by atoms with Crippen molar-refractivity contribution in [2.75, 3.05) is 27.3 Å². The summed E-state index contributed by atoms with van der Waals surface area (Å²) >= 11 is 1.45. The van der Waals surface area contributed by atoms with E-state index in [4.69, 9.17) is 14.2 Å². The molecule has 0 radical (unpaired) electrons. The zero-order valence-corrected chi connectivity index (χ0v) is 13.1. The van der Waals surface area contributed by atoms with Gasteiger partial charge in [0.15, 0.2) is 0 Å². The normalized spacial score (nSPS) is 14.4. The van der Waals surface area contributed by atoms with Crippen molar-refractivity contribution in [3.05, 3.63) is 35.3 Å². The van der Waals surface area contributed by atoms with Gasteiger partial charge < -0.3 is 19.1 Å². The summed E-state index contributed by atoms with van der Waals surface area (Å²) in [7, 11) is 3.11. The highest BCUT2D eigenvalue weighted by molar-refractivity contribution is 7.11. The first-order valence-electron chi connectivity index (χ1n) is 6.78. The summed E-state index contributed by atoms with van der Waals surface area (Å²) in [5.41, 5.74) is 0.524. The molecule has 2 aromatic rings. The van der Waals surface area contributed by atoms with Gasteiger partial charge in [-0.15, -0.1) is 0 Å². The molecular formula is C15H16N2O4S. The van der Waals surface area contributed by atoms with Crippen molar-refractivity contribution >= 4 is 17.2 Å². The number of methoxy groups -OCH3 is 2. The van der Waals surface area contributed by atoms with Crippen LogP contribution in [0.1, 0.15) is 10.4 Å². The molecule has 1 aromatic carbocycles. The molecule has 1 aliphatic rings. The van der Waals surface area contributed by atoms with Gasteiger partial charge in [-0.05, 0) is 12.1 Å². The number of amides is 1. The lowest BCUT2D eigenvalue weighted by Crippen LogP contribution is -2.56. The molecule has 7 heteroatoms. The number of ether oxygens (including phenoxy) is 3. The second-order valence-electron chi connectivity index (χ2n) is 4.81. The topological polar surface area (TPSA) is 60.9 Å².